The lowest BCUT2D eigenvalue weighted by Gasteiger charge is -2.15. The molecule has 0 bridgehead atoms. The van der Waals surface area contributed by atoms with E-state index >= 15 is 0 Å². The number of aliphatic hydroxyl groups excluding tert-OH is 1. The van der Waals surface area contributed by atoms with Crippen molar-refractivity contribution in [1.29, 1.82) is 0 Å². The number of aliphatic hydroxyl groups is 1. The third-order valence-electron chi connectivity index (χ3n) is 3.03. The van der Waals surface area contributed by atoms with Crippen LogP contribution >= 0.6 is 0 Å². The first-order chi connectivity index (χ1) is 8.03. The van der Waals surface area contributed by atoms with Crippen LogP contribution in [0.4, 0.5) is 0 Å². The number of hydrogen-bond donors (Lipinski definition) is 2. The van der Waals surface area contributed by atoms with Gasteiger partial charge < -0.3 is 5.11 Å². The Labute approximate surface area is 102 Å². The van der Waals surface area contributed by atoms with E-state index in [4.69, 9.17) is 5.11 Å². The number of hydrogen-bond acceptors (Lipinski definition) is 3. The van der Waals surface area contributed by atoms with Gasteiger partial charge in [0, 0.05) is 6.04 Å². The fourth-order valence-electron chi connectivity index (χ4n) is 1.77. The Kier molecular flexibility index (Phi) is 3.51. The highest BCUT2D eigenvalue weighted by molar-refractivity contribution is 7.89. The van der Waals surface area contributed by atoms with Gasteiger partial charge in [0.05, 0.1) is 11.5 Å². The lowest BCUT2D eigenvalue weighted by atomic mass is 10.2. The molecular weight excluding hydrogens is 238 g/mol. The first kappa shape index (κ1) is 12.5. The quantitative estimate of drug-likeness (QED) is 0.826. The zero-order chi connectivity index (χ0) is 12.5. The van der Waals surface area contributed by atoms with Gasteiger partial charge in [0.2, 0.25) is 10.0 Å². The van der Waals surface area contributed by atoms with Crippen molar-refractivity contribution >= 4 is 10.0 Å². The van der Waals surface area contributed by atoms with Crippen molar-refractivity contribution in [3.05, 3.63) is 29.8 Å². The Morgan fingerprint density at radius 1 is 1.35 bits per heavy atom. The average molecular weight is 255 g/mol. The van der Waals surface area contributed by atoms with Crippen LogP contribution in [0, 0.1) is 12.8 Å². The van der Waals surface area contributed by atoms with Gasteiger partial charge in [0.15, 0.2) is 0 Å². The first-order valence-corrected chi connectivity index (χ1v) is 7.21. The van der Waals surface area contributed by atoms with Crippen LogP contribution in [-0.2, 0) is 10.0 Å². The Morgan fingerprint density at radius 2 is 1.94 bits per heavy atom. The van der Waals surface area contributed by atoms with E-state index in [1.807, 2.05) is 6.92 Å². The number of nitrogens with one attached hydrogen (secondary N) is 1. The minimum atomic E-state index is -3.50. The van der Waals surface area contributed by atoms with Crippen molar-refractivity contribution in [3.8, 4) is 0 Å². The van der Waals surface area contributed by atoms with Gasteiger partial charge >= 0.3 is 0 Å². The van der Waals surface area contributed by atoms with Crippen molar-refractivity contribution in [1.82, 2.24) is 4.72 Å². The molecule has 1 aromatic carbocycles. The molecule has 0 spiro atoms. The largest absolute Gasteiger partial charge is 0.395 e. The molecule has 4 nitrogen and oxygen atoms in total. The molecule has 0 aliphatic heterocycles. The van der Waals surface area contributed by atoms with Gasteiger partial charge in [0.25, 0.3) is 0 Å². The van der Waals surface area contributed by atoms with Crippen LogP contribution in [0.5, 0.6) is 0 Å². The summed E-state index contributed by atoms with van der Waals surface area (Å²) in [5.41, 5.74) is 1.02. The summed E-state index contributed by atoms with van der Waals surface area (Å²) in [4.78, 5) is 0.252. The smallest absolute Gasteiger partial charge is 0.240 e. The van der Waals surface area contributed by atoms with Gasteiger partial charge in [-0.25, -0.2) is 13.1 Å². The third kappa shape index (κ3) is 3.06. The summed E-state index contributed by atoms with van der Waals surface area (Å²) in [6.45, 7) is 1.76. The number of rotatable bonds is 5. The summed E-state index contributed by atoms with van der Waals surface area (Å²) < 4.78 is 26.6. The van der Waals surface area contributed by atoms with Crippen molar-refractivity contribution in [2.45, 2.75) is 30.7 Å². The molecule has 94 valence electrons. The molecule has 0 saturated heterocycles. The Bertz CT molecular complexity index is 477. The van der Waals surface area contributed by atoms with E-state index in [1.54, 1.807) is 24.3 Å². The van der Waals surface area contributed by atoms with E-state index in [1.165, 1.54) is 0 Å². The maximum Gasteiger partial charge on any atom is 0.240 e. The monoisotopic (exact) mass is 255 g/mol. The molecule has 1 aliphatic carbocycles. The highest BCUT2D eigenvalue weighted by atomic mass is 32.2. The topological polar surface area (TPSA) is 66.4 Å². The molecule has 0 aromatic heterocycles. The molecule has 1 atom stereocenters. The van der Waals surface area contributed by atoms with Gasteiger partial charge in [-0.05, 0) is 37.8 Å². The lowest BCUT2D eigenvalue weighted by Crippen LogP contribution is -2.39. The van der Waals surface area contributed by atoms with Crippen LogP contribution < -0.4 is 4.72 Å². The molecule has 0 amide bonds. The molecule has 1 fully saturated rings. The molecule has 5 heteroatoms. The van der Waals surface area contributed by atoms with Gasteiger partial charge in [-0.3, -0.25) is 0 Å². The summed E-state index contributed by atoms with van der Waals surface area (Å²) in [6.07, 6.45) is 1.98. The van der Waals surface area contributed by atoms with Gasteiger partial charge in [0.1, 0.15) is 0 Å². The second-order valence-corrected chi connectivity index (χ2v) is 6.27. The zero-order valence-corrected chi connectivity index (χ0v) is 10.6. The second-order valence-electron chi connectivity index (χ2n) is 4.56. The second kappa shape index (κ2) is 4.76. The highest BCUT2D eigenvalue weighted by Crippen LogP contribution is 2.33. The van der Waals surface area contributed by atoms with Gasteiger partial charge in [-0.1, -0.05) is 17.7 Å². The first-order valence-electron chi connectivity index (χ1n) is 5.73. The fraction of sp³-hybridized carbons (Fsp3) is 0.500. The van der Waals surface area contributed by atoms with Crippen molar-refractivity contribution in [3.63, 3.8) is 0 Å². The third-order valence-corrected chi connectivity index (χ3v) is 4.53. The van der Waals surface area contributed by atoms with Crippen molar-refractivity contribution in [2.24, 2.45) is 5.92 Å². The van der Waals surface area contributed by atoms with Crippen LogP contribution in [0.1, 0.15) is 18.4 Å². The molecule has 1 aromatic rings. The number of benzene rings is 1. The molecule has 1 aliphatic rings. The number of sulfonamides is 1. The molecule has 2 rings (SSSR count). The van der Waals surface area contributed by atoms with E-state index in [-0.39, 0.29) is 17.5 Å². The van der Waals surface area contributed by atoms with E-state index in [0.717, 1.165) is 18.4 Å². The van der Waals surface area contributed by atoms with E-state index in [9.17, 15) is 8.42 Å². The van der Waals surface area contributed by atoms with E-state index in [2.05, 4.69) is 4.72 Å². The molecule has 0 radical (unpaired) electrons. The summed E-state index contributed by atoms with van der Waals surface area (Å²) in [5.74, 6) is 0.292. The van der Waals surface area contributed by atoms with Crippen LogP contribution in [0.3, 0.4) is 0 Å². The standard InChI is InChI=1S/C12H17NO3S/c1-9-2-6-11(7-3-9)17(15,16)13-12(8-14)10-4-5-10/h2-3,6-7,10,12-14H,4-5,8H2,1H3/t12-/m0/s1. The van der Waals surface area contributed by atoms with Crippen molar-refractivity contribution in [2.75, 3.05) is 6.61 Å². The molecule has 17 heavy (non-hydrogen) atoms. The zero-order valence-electron chi connectivity index (χ0n) is 9.76. The molecular formula is C12H17NO3S. The van der Waals surface area contributed by atoms with Crippen LogP contribution in [0.15, 0.2) is 29.2 Å². The maximum atomic E-state index is 12.0. The highest BCUT2D eigenvalue weighted by Gasteiger charge is 2.33. The van der Waals surface area contributed by atoms with Crippen LogP contribution in [0.25, 0.3) is 0 Å². The van der Waals surface area contributed by atoms with E-state index in [0.29, 0.717) is 5.92 Å². The molecule has 0 unspecified atom stereocenters. The molecule has 1 saturated carbocycles. The maximum absolute atomic E-state index is 12.0. The summed E-state index contributed by atoms with van der Waals surface area (Å²) in [5, 5.41) is 9.16. The van der Waals surface area contributed by atoms with Crippen molar-refractivity contribution < 1.29 is 13.5 Å². The predicted octanol–water partition coefficient (Wildman–Crippen LogP) is 1.04. The minimum Gasteiger partial charge on any atom is -0.395 e. The molecule has 0 heterocycles. The predicted molar refractivity (Wildman–Crippen MR) is 65.1 cm³/mol. The van der Waals surface area contributed by atoms with E-state index < -0.39 is 10.0 Å². The normalized spacial score (nSPS) is 18.0. The van der Waals surface area contributed by atoms with Crippen LogP contribution in [-0.4, -0.2) is 26.2 Å². The number of aryl methyl sites for hydroxylation is 1. The summed E-state index contributed by atoms with van der Waals surface area (Å²) in [6, 6.07) is 6.35. The Balaban J connectivity index is 2.15. The Morgan fingerprint density at radius 3 is 2.41 bits per heavy atom. The van der Waals surface area contributed by atoms with Gasteiger partial charge in [-0.2, -0.15) is 0 Å². The molecule has 2 N–H and O–H groups in total. The minimum absolute atomic E-state index is 0.143. The lowest BCUT2D eigenvalue weighted by molar-refractivity contribution is 0.244. The SMILES string of the molecule is Cc1ccc(S(=O)(=O)N[C@@H](CO)C2CC2)cc1. The summed E-state index contributed by atoms with van der Waals surface area (Å²) in [7, 11) is -3.50. The fourth-order valence-corrected chi connectivity index (χ4v) is 3.06. The summed E-state index contributed by atoms with van der Waals surface area (Å²) >= 11 is 0. The van der Waals surface area contributed by atoms with Crippen LogP contribution in [0.2, 0.25) is 0 Å². The Hall–Kier alpha value is -0.910. The van der Waals surface area contributed by atoms with Gasteiger partial charge in [-0.15, -0.1) is 0 Å². The average Bonchev–Trinajstić information content (AvgIpc) is 3.10.